The van der Waals surface area contributed by atoms with Crippen LogP contribution < -0.4 is 16.2 Å². The van der Waals surface area contributed by atoms with Crippen molar-refractivity contribution < 1.29 is 9.53 Å². The van der Waals surface area contributed by atoms with E-state index in [-0.39, 0.29) is 5.97 Å². The summed E-state index contributed by atoms with van der Waals surface area (Å²) in [7, 11) is 5.24. The van der Waals surface area contributed by atoms with Crippen LogP contribution in [0.15, 0.2) is 18.2 Å². The third-order valence-corrected chi connectivity index (χ3v) is 2.27. The van der Waals surface area contributed by atoms with E-state index in [1.807, 2.05) is 25.1 Å². The first-order valence-corrected chi connectivity index (χ1v) is 4.92. The van der Waals surface area contributed by atoms with Gasteiger partial charge in [0.05, 0.1) is 12.7 Å². The average Bonchev–Trinajstić information content (AvgIpc) is 2.28. The van der Waals surface area contributed by atoms with Gasteiger partial charge in [-0.05, 0) is 23.8 Å². The van der Waals surface area contributed by atoms with Gasteiger partial charge in [0.15, 0.2) is 0 Å². The van der Waals surface area contributed by atoms with Crippen LogP contribution in [-0.4, -0.2) is 27.2 Å². The lowest BCUT2D eigenvalue weighted by Gasteiger charge is -2.18. The molecule has 0 aliphatic carbocycles. The number of methoxy groups -OCH3 is 1. The Morgan fingerprint density at radius 3 is 2.69 bits per heavy atom. The zero-order valence-electron chi connectivity index (χ0n) is 9.78. The standard InChI is InChI=1S/C11H17N3O2/c1-14(2)10-5-4-8(11(15)16-3)6-9(10)7-13-12/h4-6,13H,7,12H2,1-3H3. The monoisotopic (exact) mass is 223 g/mol. The van der Waals surface area contributed by atoms with Crippen molar-refractivity contribution in [3.05, 3.63) is 29.3 Å². The lowest BCUT2D eigenvalue weighted by molar-refractivity contribution is 0.0600. The van der Waals surface area contributed by atoms with Crippen molar-refractivity contribution in [2.24, 2.45) is 5.84 Å². The van der Waals surface area contributed by atoms with Gasteiger partial charge < -0.3 is 9.64 Å². The molecule has 0 aromatic heterocycles. The Morgan fingerprint density at radius 2 is 2.19 bits per heavy atom. The molecule has 3 N–H and O–H groups in total. The van der Waals surface area contributed by atoms with Crippen molar-refractivity contribution in [2.75, 3.05) is 26.1 Å². The molecule has 1 aromatic rings. The number of hydrogen-bond acceptors (Lipinski definition) is 5. The predicted molar refractivity (Wildman–Crippen MR) is 63.1 cm³/mol. The summed E-state index contributed by atoms with van der Waals surface area (Å²) in [6.45, 7) is 0.498. The molecule has 5 heteroatoms. The summed E-state index contributed by atoms with van der Waals surface area (Å²) in [5.74, 6) is 4.96. The van der Waals surface area contributed by atoms with Gasteiger partial charge in [-0.3, -0.25) is 11.3 Å². The van der Waals surface area contributed by atoms with Gasteiger partial charge in [0.25, 0.3) is 0 Å². The highest BCUT2D eigenvalue weighted by Gasteiger charge is 2.10. The van der Waals surface area contributed by atoms with Crippen molar-refractivity contribution in [2.45, 2.75) is 6.54 Å². The molecule has 0 heterocycles. The zero-order chi connectivity index (χ0) is 12.1. The number of rotatable bonds is 4. The molecule has 0 saturated heterocycles. The third kappa shape index (κ3) is 2.71. The summed E-state index contributed by atoms with van der Waals surface area (Å²) < 4.78 is 4.67. The Labute approximate surface area is 95.2 Å². The molecule has 0 radical (unpaired) electrons. The maximum atomic E-state index is 11.4. The molecule has 0 fully saturated rings. The van der Waals surface area contributed by atoms with Gasteiger partial charge in [-0.15, -0.1) is 0 Å². The quantitative estimate of drug-likeness (QED) is 0.442. The van der Waals surface area contributed by atoms with Gasteiger partial charge in [-0.25, -0.2) is 4.79 Å². The van der Waals surface area contributed by atoms with Crippen LogP contribution in [0, 0.1) is 0 Å². The second kappa shape index (κ2) is 5.48. The molecule has 0 bridgehead atoms. The molecular formula is C11H17N3O2. The molecule has 0 atom stereocenters. The van der Waals surface area contributed by atoms with Crippen LogP contribution in [0.3, 0.4) is 0 Å². The van der Waals surface area contributed by atoms with Gasteiger partial charge in [0.2, 0.25) is 0 Å². The molecule has 1 aromatic carbocycles. The van der Waals surface area contributed by atoms with E-state index in [9.17, 15) is 4.79 Å². The summed E-state index contributed by atoms with van der Waals surface area (Å²) in [5, 5.41) is 0. The molecule has 5 nitrogen and oxygen atoms in total. The number of nitrogens with one attached hydrogen (secondary N) is 1. The number of carbonyl (C=O) groups is 1. The first kappa shape index (κ1) is 12.5. The van der Waals surface area contributed by atoms with E-state index >= 15 is 0 Å². The lowest BCUT2D eigenvalue weighted by Crippen LogP contribution is -2.23. The number of hydrazine groups is 1. The van der Waals surface area contributed by atoms with Gasteiger partial charge >= 0.3 is 5.97 Å². The molecule has 1 rings (SSSR count). The smallest absolute Gasteiger partial charge is 0.337 e. The minimum Gasteiger partial charge on any atom is -0.465 e. The van der Waals surface area contributed by atoms with E-state index in [1.165, 1.54) is 7.11 Å². The Balaban J connectivity index is 3.11. The summed E-state index contributed by atoms with van der Waals surface area (Å²) in [6.07, 6.45) is 0. The fourth-order valence-electron chi connectivity index (χ4n) is 1.52. The van der Waals surface area contributed by atoms with Crippen molar-refractivity contribution >= 4 is 11.7 Å². The van der Waals surface area contributed by atoms with Crippen LogP contribution in [0.2, 0.25) is 0 Å². The molecule has 88 valence electrons. The highest BCUT2D eigenvalue weighted by molar-refractivity contribution is 5.90. The van der Waals surface area contributed by atoms with Gasteiger partial charge in [0.1, 0.15) is 0 Å². The summed E-state index contributed by atoms with van der Waals surface area (Å²) in [6, 6.07) is 5.39. The number of anilines is 1. The van der Waals surface area contributed by atoms with Crippen LogP contribution in [0.5, 0.6) is 0 Å². The largest absolute Gasteiger partial charge is 0.465 e. The molecule has 0 saturated carbocycles. The number of nitrogens with two attached hydrogens (primary N) is 1. The Kier molecular flexibility index (Phi) is 4.28. The van der Waals surface area contributed by atoms with Crippen LogP contribution in [0.1, 0.15) is 15.9 Å². The highest BCUT2D eigenvalue weighted by atomic mass is 16.5. The highest BCUT2D eigenvalue weighted by Crippen LogP contribution is 2.20. The second-order valence-electron chi connectivity index (χ2n) is 3.61. The van der Waals surface area contributed by atoms with Gasteiger partial charge in [-0.1, -0.05) is 0 Å². The normalized spacial score (nSPS) is 10.0. The molecule has 0 unspecified atom stereocenters. The number of hydrogen-bond donors (Lipinski definition) is 2. The third-order valence-electron chi connectivity index (χ3n) is 2.27. The second-order valence-corrected chi connectivity index (χ2v) is 3.61. The van der Waals surface area contributed by atoms with Gasteiger partial charge in [0, 0.05) is 26.3 Å². The number of nitrogens with zero attached hydrogens (tertiary/aromatic N) is 1. The van der Waals surface area contributed by atoms with Crippen LogP contribution >= 0.6 is 0 Å². The molecule has 0 aliphatic rings. The van der Waals surface area contributed by atoms with Crippen molar-refractivity contribution in [1.29, 1.82) is 0 Å². The molecule has 0 amide bonds. The van der Waals surface area contributed by atoms with E-state index in [0.717, 1.165) is 11.3 Å². The minimum absolute atomic E-state index is 0.344. The van der Waals surface area contributed by atoms with Crippen LogP contribution in [-0.2, 0) is 11.3 Å². The molecule has 0 aliphatic heterocycles. The average molecular weight is 223 g/mol. The Hall–Kier alpha value is -1.59. The van der Waals surface area contributed by atoms with Crippen molar-refractivity contribution in [3.8, 4) is 0 Å². The fraction of sp³-hybridized carbons (Fsp3) is 0.364. The Bertz CT molecular complexity index is 377. The maximum Gasteiger partial charge on any atom is 0.337 e. The zero-order valence-corrected chi connectivity index (χ0v) is 9.78. The predicted octanol–water partition coefficient (Wildman–Crippen LogP) is 0.502. The lowest BCUT2D eigenvalue weighted by atomic mass is 10.1. The molecule has 0 spiro atoms. The fourth-order valence-corrected chi connectivity index (χ4v) is 1.52. The van der Waals surface area contributed by atoms with Crippen LogP contribution in [0.25, 0.3) is 0 Å². The maximum absolute atomic E-state index is 11.4. The SMILES string of the molecule is COC(=O)c1ccc(N(C)C)c(CNN)c1. The van der Waals surface area contributed by atoms with E-state index < -0.39 is 0 Å². The van der Waals surface area contributed by atoms with E-state index in [0.29, 0.717) is 12.1 Å². The van der Waals surface area contributed by atoms with Crippen LogP contribution in [0.4, 0.5) is 5.69 Å². The number of esters is 1. The topological polar surface area (TPSA) is 67.6 Å². The number of benzene rings is 1. The van der Waals surface area contributed by atoms with Crippen molar-refractivity contribution in [1.82, 2.24) is 5.43 Å². The first-order chi connectivity index (χ1) is 7.60. The molecular weight excluding hydrogens is 206 g/mol. The number of carbonyl (C=O) groups excluding carboxylic acids is 1. The van der Waals surface area contributed by atoms with Gasteiger partial charge in [-0.2, -0.15) is 0 Å². The minimum atomic E-state index is -0.344. The van der Waals surface area contributed by atoms with E-state index in [2.05, 4.69) is 10.2 Å². The first-order valence-electron chi connectivity index (χ1n) is 4.92. The summed E-state index contributed by atoms with van der Waals surface area (Å²) in [4.78, 5) is 13.3. The van der Waals surface area contributed by atoms with E-state index in [1.54, 1.807) is 12.1 Å². The molecule has 16 heavy (non-hydrogen) atoms. The summed E-state index contributed by atoms with van der Waals surface area (Å²) >= 11 is 0. The number of ether oxygens (including phenoxy) is 1. The summed E-state index contributed by atoms with van der Waals surface area (Å²) in [5.41, 5.74) is 5.08. The van der Waals surface area contributed by atoms with Crippen molar-refractivity contribution in [3.63, 3.8) is 0 Å². The van der Waals surface area contributed by atoms with E-state index in [4.69, 9.17) is 5.84 Å². The Morgan fingerprint density at radius 1 is 1.50 bits per heavy atom.